The van der Waals surface area contributed by atoms with Crippen LogP contribution in [-0.4, -0.2) is 144 Å². The minimum absolute atomic E-state index is 0.558. The van der Waals surface area contributed by atoms with Crippen LogP contribution in [0, 0.1) is 0 Å². The number of aliphatic carboxylic acids is 9. The average molecular weight is 592 g/mol. The highest BCUT2D eigenvalue weighted by Crippen LogP contribution is 2.15. The number of rotatable bonds is 13. The highest BCUT2D eigenvalue weighted by Gasteiger charge is 2.40. The molecule has 0 amide bonds. The number of hydrogen-bond acceptors (Lipinski definition) is 13. The lowest BCUT2D eigenvalue weighted by molar-refractivity contribution is -0.170. The molecule has 0 spiro atoms. The van der Waals surface area contributed by atoms with E-state index in [1.165, 1.54) is 0 Å². The van der Waals surface area contributed by atoms with Gasteiger partial charge in [-0.3, -0.25) is 14.4 Å². The highest BCUT2D eigenvalue weighted by atomic mass is 16.4. The van der Waals surface area contributed by atoms with Gasteiger partial charge in [0.1, 0.15) is 0 Å². The van der Waals surface area contributed by atoms with Crippen LogP contribution in [0.5, 0.6) is 0 Å². The number of aliphatic hydroxyl groups is 4. The van der Waals surface area contributed by atoms with E-state index in [2.05, 4.69) is 0 Å². The molecule has 0 rings (SSSR count). The number of carboxylic acid groups (broad SMARTS) is 9. The summed E-state index contributed by atoms with van der Waals surface area (Å²) in [7, 11) is 0. The summed E-state index contributed by atoms with van der Waals surface area (Å²) in [4.78, 5) is 88.5. The van der Waals surface area contributed by atoms with Gasteiger partial charge in [0.15, 0.2) is 23.9 Å². The number of aliphatic hydroxyl groups excluding tert-OH is 3. The van der Waals surface area contributed by atoms with Gasteiger partial charge in [-0.15, -0.1) is 0 Å². The first-order valence-electron chi connectivity index (χ1n) is 9.38. The van der Waals surface area contributed by atoms with Crippen LogP contribution in [0.4, 0.5) is 0 Å². The molecule has 0 aromatic rings. The van der Waals surface area contributed by atoms with Crippen molar-refractivity contribution in [3.8, 4) is 0 Å². The zero-order chi connectivity index (χ0) is 33.0. The van der Waals surface area contributed by atoms with E-state index in [1.54, 1.807) is 0 Å². The van der Waals surface area contributed by atoms with E-state index in [0.717, 1.165) is 0 Å². The molecule has 228 valence electrons. The maximum absolute atomic E-state index is 10.3. The largest absolute Gasteiger partial charge is 0.481 e. The Labute approximate surface area is 219 Å². The second-order valence-electron chi connectivity index (χ2n) is 6.51. The van der Waals surface area contributed by atoms with Crippen LogP contribution in [0.3, 0.4) is 0 Å². The Kier molecular flexibility index (Phi) is 21.8. The molecule has 40 heavy (non-hydrogen) atoms. The van der Waals surface area contributed by atoms with Crippen molar-refractivity contribution in [1.29, 1.82) is 0 Å². The zero-order valence-electron chi connectivity index (χ0n) is 19.5. The van der Waals surface area contributed by atoms with Gasteiger partial charge < -0.3 is 66.4 Å². The summed E-state index contributed by atoms with van der Waals surface area (Å²) in [6.07, 6.45) is -8.25. The van der Waals surface area contributed by atoms with Gasteiger partial charge in [0.05, 0.1) is 19.3 Å². The Hall–Kier alpha value is -5.19. The van der Waals surface area contributed by atoms with Gasteiger partial charge in [0.25, 0.3) is 0 Å². The van der Waals surface area contributed by atoms with Crippen molar-refractivity contribution < 1.29 is 110 Å². The second-order valence-corrected chi connectivity index (χ2v) is 6.51. The smallest absolute Gasteiger partial charge is 0.336 e. The first-order chi connectivity index (χ1) is 17.9. The maximum atomic E-state index is 10.3. The molecule has 22 nitrogen and oxygen atoms in total. The van der Waals surface area contributed by atoms with E-state index < -0.39 is 96.9 Å². The van der Waals surface area contributed by atoms with E-state index in [1.807, 2.05) is 0 Å². The lowest BCUT2D eigenvalue weighted by atomic mass is 9.96. The number of carboxylic acids is 9. The molecule has 0 radical (unpaired) electrons. The third-order valence-electron chi connectivity index (χ3n) is 3.11. The minimum atomic E-state index is -2.74. The molecule has 0 saturated carbocycles. The third-order valence-corrected chi connectivity index (χ3v) is 3.11. The summed E-state index contributed by atoms with van der Waals surface area (Å²) in [6, 6.07) is 0. The molecule has 22 heteroatoms. The van der Waals surface area contributed by atoms with Gasteiger partial charge in [0, 0.05) is 12.2 Å². The Morgan fingerprint density at radius 2 is 0.825 bits per heavy atom. The highest BCUT2D eigenvalue weighted by molar-refractivity contribution is 5.89. The predicted octanol–water partition coefficient (Wildman–Crippen LogP) is -4.75. The van der Waals surface area contributed by atoms with Crippen molar-refractivity contribution in [3.63, 3.8) is 0 Å². The van der Waals surface area contributed by atoms with Crippen LogP contribution in [-0.2, 0) is 43.2 Å². The Bertz CT molecular complexity index is 913. The van der Waals surface area contributed by atoms with Crippen molar-refractivity contribution >= 4 is 53.7 Å². The first-order valence-corrected chi connectivity index (χ1v) is 9.38. The summed E-state index contributed by atoms with van der Waals surface area (Å²) in [5.74, 6) is -13.9. The van der Waals surface area contributed by atoms with E-state index in [9.17, 15) is 43.2 Å². The van der Waals surface area contributed by atoms with Crippen molar-refractivity contribution in [3.05, 3.63) is 12.2 Å². The van der Waals surface area contributed by atoms with E-state index >= 15 is 0 Å². The molecule has 0 aliphatic carbocycles. The molecule has 0 heterocycles. The van der Waals surface area contributed by atoms with Crippen LogP contribution in [0.2, 0.25) is 0 Å². The minimum Gasteiger partial charge on any atom is -0.481 e. The SMILES string of the molecule is O=C(O)/C=C\C(=O)O.O=C(O)C(O)C(O)C(=O)O.O=C(O)CC(O)(CC(=O)O)C(=O)O.O=C(O)CC(O)C(=O)O. The normalized spacial score (nSPS) is 12.2. The summed E-state index contributed by atoms with van der Waals surface area (Å²) in [5, 5.41) is 106. The molecular weight excluding hydrogens is 568 g/mol. The molecule has 0 aliphatic rings. The molecule has 0 saturated heterocycles. The molecular formula is C18H24O22. The van der Waals surface area contributed by atoms with Gasteiger partial charge in [-0.05, 0) is 0 Å². The summed E-state index contributed by atoms with van der Waals surface area (Å²) >= 11 is 0. The van der Waals surface area contributed by atoms with Crippen LogP contribution < -0.4 is 0 Å². The topological polar surface area (TPSA) is 417 Å². The average Bonchev–Trinajstić information content (AvgIpc) is 2.76. The first kappa shape index (κ1) is 41.9. The van der Waals surface area contributed by atoms with Crippen LogP contribution in [0.15, 0.2) is 12.2 Å². The zero-order valence-corrected chi connectivity index (χ0v) is 19.5. The van der Waals surface area contributed by atoms with Crippen LogP contribution in [0.25, 0.3) is 0 Å². The monoisotopic (exact) mass is 592 g/mol. The molecule has 0 aliphatic heterocycles. The van der Waals surface area contributed by atoms with Crippen molar-refractivity contribution in [2.75, 3.05) is 0 Å². The fourth-order valence-corrected chi connectivity index (χ4v) is 1.38. The Balaban J connectivity index is -0.000000220. The van der Waals surface area contributed by atoms with Gasteiger partial charge >= 0.3 is 53.7 Å². The summed E-state index contributed by atoms with van der Waals surface area (Å²) < 4.78 is 0. The van der Waals surface area contributed by atoms with Gasteiger partial charge in [-0.25, -0.2) is 28.8 Å². The van der Waals surface area contributed by atoms with Gasteiger partial charge in [-0.2, -0.15) is 0 Å². The van der Waals surface area contributed by atoms with Crippen molar-refractivity contribution in [2.45, 2.75) is 43.2 Å². The van der Waals surface area contributed by atoms with Gasteiger partial charge in [-0.1, -0.05) is 0 Å². The lowest BCUT2D eigenvalue weighted by Gasteiger charge is -2.18. The van der Waals surface area contributed by atoms with Crippen LogP contribution >= 0.6 is 0 Å². The quantitative estimate of drug-likeness (QED) is 0.0892. The Morgan fingerprint density at radius 3 is 0.950 bits per heavy atom. The third kappa shape index (κ3) is 25.9. The molecule has 0 aromatic carbocycles. The predicted molar refractivity (Wildman–Crippen MR) is 115 cm³/mol. The van der Waals surface area contributed by atoms with E-state index in [-0.39, 0.29) is 0 Å². The molecule has 0 aromatic heterocycles. The molecule has 3 unspecified atom stereocenters. The summed E-state index contributed by atoms with van der Waals surface area (Å²) in [5.41, 5.74) is -2.74. The van der Waals surface area contributed by atoms with Crippen molar-refractivity contribution in [2.24, 2.45) is 0 Å². The molecule has 0 bridgehead atoms. The second kappa shape index (κ2) is 20.8. The summed E-state index contributed by atoms with van der Waals surface area (Å²) in [6.45, 7) is 0. The van der Waals surface area contributed by atoms with Gasteiger partial charge in [0.2, 0.25) is 0 Å². The fourth-order valence-electron chi connectivity index (χ4n) is 1.38. The maximum Gasteiger partial charge on any atom is 0.336 e. The molecule has 3 atom stereocenters. The fraction of sp³-hybridized carbons (Fsp3) is 0.389. The van der Waals surface area contributed by atoms with E-state index in [0.29, 0.717) is 12.2 Å². The Morgan fingerprint density at radius 1 is 0.525 bits per heavy atom. The number of hydrogen-bond donors (Lipinski definition) is 13. The van der Waals surface area contributed by atoms with E-state index in [4.69, 9.17) is 66.4 Å². The molecule has 0 fully saturated rings. The molecule has 13 N–H and O–H groups in total. The number of carbonyl (C=O) groups is 9. The van der Waals surface area contributed by atoms with Crippen molar-refractivity contribution in [1.82, 2.24) is 0 Å². The lowest BCUT2D eigenvalue weighted by Crippen LogP contribution is -2.42. The standard InChI is InChI=1S/C6H8O7.C4H6O6.C4H6O5.C4H4O4/c7-3(8)1-6(13,5(11)12)2-4(9)10;5-1(3(7)8)2(6)4(9)10;5-2(4(8)9)1-3(6)7;5-3(6)1-2-4(7)8/h13H,1-2H2,(H,7,8)(H,9,10)(H,11,12);1-2,5-6H,(H,7,8)(H,9,10);2,5H,1H2,(H,6,7)(H,8,9);1-2H,(H,5,6)(H,7,8)/b;;;2-1-. The van der Waals surface area contributed by atoms with Crippen LogP contribution in [0.1, 0.15) is 19.3 Å².